The first-order valence-electron chi connectivity index (χ1n) is 6.31. The van der Waals surface area contributed by atoms with Gasteiger partial charge in [-0.15, -0.1) is 0 Å². The molecule has 4 heteroatoms. The van der Waals surface area contributed by atoms with Crippen LogP contribution in [0.4, 0.5) is 0 Å². The predicted molar refractivity (Wildman–Crippen MR) is 68.7 cm³/mol. The fraction of sp³-hybridized carbons (Fsp3) is 0.500. The molecule has 1 atom stereocenters. The summed E-state index contributed by atoms with van der Waals surface area (Å²) in [4.78, 5) is 2.10. The highest BCUT2D eigenvalue weighted by atomic mass is 16.6. The van der Waals surface area contributed by atoms with Crippen molar-refractivity contribution in [2.24, 2.45) is 0 Å². The van der Waals surface area contributed by atoms with Gasteiger partial charge < -0.3 is 9.47 Å². The number of benzene rings is 1. The second kappa shape index (κ2) is 6.27. The Morgan fingerprint density at radius 2 is 2.17 bits per heavy atom. The number of hydrogen-bond acceptors (Lipinski definition) is 4. The molecule has 4 nitrogen and oxygen atoms in total. The molecule has 1 unspecified atom stereocenters. The second-order valence-electron chi connectivity index (χ2n) is 4.39. The zero-order valence-electron chi connectivity index (χ0n) is 10.6. The molecule has 0 saturated heterocycles. The van der Waals surface area contributed by atoms with Crippen LogP contribution in [-0.4, -0.2) is 37.2 Å². The van der Waals surface area contributed by atoms with Crippen molar-refractivity contribution in [3.05, 3.63) is 24.3 Å². The maximum Gasteiger partial charge on any atom is 0.161 e. The number of nitrogens with zero attached hydrogens (tertiary/aromatic N) is 2. The molecule has 0 saturated carbocycles. The summed E-state index contributed by atoms with van der Waals surface area (Å²) in [7, 11) is 0. The molecule has 0 radical (unpaired) electrons. The van der Waals surface area contributed by atoms with Crippen LogP contribution in [0.1, 0.15) is 13.3 Å². The van der Waals surface area contributed by atoms with Crippen LogP contribution in [0.2, 0.25) is 0 Å². The van der Waals surface area contributed by atoms with Gasteiger partial charge in [-0.05, 0) is 25.1 Å². The zero-order valence-corrected chi connectivity index (χ0v) is 10.6. The highest BCUT2D eigenvalue weighted by Crippen LogP contribution is 2.30. The number of hydrogen-bond donors (Lipinski definition) is 0. The molecule has 0 spiro atoms. The molecule has 0 amide bonds. The van der Waals surface area contributed by atoms with E-state index >= 15 is 0 Å². The van der Waals surface area contributed by atoms with E-state index in [1.54, 1.807) is 0 Å². The Morgan fingerprint density at radius 3 is 2.89 bits per heavy atom. The van der Waals surface area contributed by atoms with Gasteiger partial charge in [-0.25, -0.2) is 0 Å². The standard InChI is InChI=1S/C14H18N2O2/c1-2-8-16(9-7-15)10-12-11-17-13-5-3-4-6-14(13)18-12/h3-6,12H,2,8-11H2,1H3. The van der Waals surface area contributed by atoms with E-state index in [0.717, 1.165) is 31.0 Å². The van der Waals surface area contributed by atoms with E-state index in [2.05, 4.69) is 17.9 Å². The third kappa shape index (κ3) is 3.14. The van der Waals surface area contributed by atoms with Crippen LogP contribution in [0.3, 0.4) is 0 Å². The summed E-state index contributed by atoms with van der Waals surface area (Å²) >= 11 is 0. The summed E-state index contributed by atoms with van der Waals surface area (Å²) in [6.45, 7) is 4.74. The van der Waals surface area contributed by atoms with Gasteiger partial charge in [-0.2, -0.15) is 5.26 Å². The normalized spacial score (nSPS) is 17.5. The van der Waals surface area contributed by atoms with Gasteiger partial charge >= 0.3 is 0 Å². The maximum absolute atomic E-state index is 8.79. The monoisotopic (exact) mass is 246 g/mol. The molecule has 0 N–H and O–H groups in total. The van der Waals surface area contributed by atoms with Gasteiger partial charge in [0, 0.05) is 6.54 Å². The molecular weight excluding hydrogens is 228 g/mol. The summed E-state index contributed by atoms with van der Waals surface area (Å²) in [5.74, 6) is 1.60. The van der Waals surface area contributed by atoms with Crippen molar-refractivity contribution in [2.45, 2.75) is 19.4 Å². The van der Waals surface area contributed by atoms with Crippen LogP contribution in [-0.2, 0) is 0 Å². The number of para-hydroxylation sites is 2. The van der Waals surface area contributed by atoms with Crippen LogP contribution >= 0.6 is 0 Å². The molecule has 18 heavy (non-hydrogen) atoms. The van der Waals surface area contributed by atoms with Crippen molar-refractivity contribution in [1.29, 1.82) is 5.26 Å². The minimum atomic E-state index is -0.000185. The van der Waals surface area contributed by atoms with Crippen LogP contribution < -0.4 is 9.47 Å². The fourth-order valence-corrected chi connectivity index (χ4v) is 2.09. The number of fused-ring (bicyclic) bond motifs is 1. The molecule has 0 bridgehead atoms. The smallest absolute Gasteiger partial charge is 0.161 e. The molecule has 0 aromatic heterocycles. The van der Waals surface area contributed by atoms with Gasteiger partial charge in [-0.3, -0.25) is 4.90 Å². The molecule has 0 fully saturated rings. The first-order chi connectivity index (χ1) is 8.83. The fourth-order valence-electron chi connectivity index (χ4n) is 2.09. The summed E-state index contributed by atoms with van der Waals surface area (Å²) in [6, 6.07) is 9.88. The van der Waals surface area contributed by atoms with Crippen molar-refractivity contribution < 1.29 is 9.47 Å². The average molecular weight is 246 g/mol. The quantitative estimate of drug-likeness (QED) is 0.746. The Bertz CT molecular complexity index is 428. The van der Waals surface area contributed by atoms with Gasteiger partial charge in [-0.1, -0.05) is 19.1 Å². The molecular formula is C14H18N2O2. The first kappa shape index (κ1) is 12.7. The van der Waals surface area contributed by atoms with E-state index in [9.17, 15) is 0 Å². The van der Waals surface area contributed by atoms with Crippen LogP contribution in [0, 0.1) is 11.3 Å². The van der Waals surface area contributed by atoms with E-state index in [0.29, 0.717) is 13.2 Å². The molecule has 1 heterocycles. The second-order valence-corrected chi connectivity index (χ2v) is 4.39. The minimum Gasteiger partial charge on any atom is -0.486 e. The summed E-state index contributed by atoms with van der Waals surface area (Å²) < 4.78 is 11.5. The molecule has 1 aromatic carbocycles. The highest BCUT2D eigenvalue weighted by Gasteiger charge is 2.22. The largest absolute Gasteiger partial charge is 0.486 e. The molecule has 1 aliphatic rings. The lowest BCUT2D eigenvalue weighted by molar-refractivity contribution is 0.0622. The van der Waals surface area contributed by atoms with Crippen LogP contribution in [0.15, 0.2) is 24.3 Å². The van der Waals surface area contributed by atoms with Gasteiger partial charge in [0.2, 0.25) is 0 Å². The third-order valence-electron chi connectivity index (χ3n) is 2.86. The number of nitriles is 1. The van der Waals surface area contributed by atoms with Crippen LogP contribution in [0.5, 0.6) is 11.5 Å². The van der Waals surface area contributed by atoms with Gasteiger partial charge in [0.25, 0.3) is 0 Å². The van der Waals surface area contributed by atoms with E-state index in [1.807, 2.05) is 24.3 Å². The number of rotatable bonds is 5. The lowest BCUT2D eigenvalue weighted by atomic mass is 10.2. The van der Waals surface area contributed by atoms with E-state index in [4.69, 9.17) is 14.7 Å². The molecule has 96 valence electrons. The Hall–Kier alpha value is -1.73. The highest BCUT2D eigenvalue weighted by molar-refractivity contribution is 5.40. The minimum absolute atomic E-state index is 0.000185. The number of ether oxygens (including phenoxy) is 2. The topological polar surface area (TPSA) is 45.5 Å². The lowest BCUT2D eigenvalue weighted by Crippen LogP contribution is -2.41. The third-order valence-corrected chi connectivity index (χ3v) is 2.86. The Balaban J connectivity index is 1.94. The zero-order chi connectivity index (χ0) is 12.8. The molecule has 1 aliphatic heterocycles. The average Bonchev–Trinajstić information content (AvgIpc) is 2.39. The Labute approximate surface area is 108 Å². The predicted octanol–water partition coefficient (Wildman–Crippen LogP) is 2.06. The van der Waals surface area contributed by atoms with Crippen molar-refractivity contribution in [2.75, 3.05) is 26.2 Å². The van der Waals surface area contributed by atoms with Gasteiger partial charge in [0.05, 0.1) is 12.6 Å². The van der Waals surface area contributed by atoms with Crippen molar-refractivity contribution >= 4 is 0 Å². The van der Waals surface area contributed by atoms with Crippen molar-refractivity contribution in [3.8, 4) is 17.6 Å². The van der Waals surface area contributed by atoms with Gasteiger partial charge in [0.1, 0.15) is 12.7 Å². The molecule has 1 aromatic rings. The van der Waals surface area contributed by atoms with Crippen molar-refractivity contribution in [3.63, 3.8) is 0 Å². The van der Waals surface area contributed by atoms with Crippen molar-refractivity contribution in [1.82, 2.24) is 4.90 Å². The van der Waals surface area contributed by atoms with E-state index in [-0.39, 0.29) is 6.10 Å². The lowest BCUT2D eigenvalue weighted by Gasteiger charge is -2.30. The molecule has 2 rings (SSSR count). The summed E-state index contributed by atoms with van der Waals surface area (Å²) in [6.07, 6.45) is 1.03. The maximum atomic E-state index is 8.79. The summed E-state index contributed by atoms with van der Waals surface area (Å²) in [5, 5.41) is 8.79. The van der Waals surface area contributed by atoms with E-state index < -0.39 is 0 Å². The van der Waals surface area contributed by atoms with Crippen LogP contribution in [0.25, 0.3) is 0 Å². The molecule has 0 aliphatic carbocycles. The Morgan fingerprint density at radius 1 is 1.39 bits per heavy atom. The van der Waals surface area contributed by atoms with Gasteiger partial charge in [0.15, 0.2) is 11.5 Å². The summed E-state index contributed by atoms with van der Waals surface area (Å²) in [5.41, 5.74) is 0. The first-order valence-corrected chi connectivity index (χ1v) is 6.31. The van der Waals surface area contributed by atoms with E-state index in [1.165, 1.54) is 0 Å². The SMILES string of the molecule is CCCN(CC#N)CC1COc2ccccc2O1. The Kier molecular flexibility index (Phi) is 4.43.